The maximum atomic E-state index is 10.8. The SMILES string of the molecule is C=CC(=O)N(CC)CC.C=CC(N)=O. The molecule has 0 aromatic rings. The van der Waals surface area contributed by atoms with Crippen LogP contribution in [0.4, 0.5) is 0 Å². The number of nitrogens with two attached hydrogens (primary N) is 1. The maximum absolute atomic E-state index is 10.8. The predicted octanol–water partition coefficient (Wildman–Crippen LogP) is 0.699. The van der Waals surface area contributed by atoms with Crippen molar-refractivity contribution >= 4 is 11.8 Å². The van der Waals surface area contributed by atoms with Gasteiger partial charge in [-0.15, -0.1) is 0 Å². The molecular weight excluding hydrogens is 180 g/mol. The molecule has 0 radical (unpaired) electrons. The second-order valence-corrected chi connectivity index (χ2v) is 2.32. The summed E-state index contributed by atoms with van der Waals surface area (Å²) in [6.45, 7) is 11.9. The number of carbonyl (C=O) groups is 2. The second-order valence-electron chi connectivity index (χ2n) is 2.32. The highest BCUT2D eigenvalue weighted by molar-refractivity contribution is 5.86. The number of amides is 2. The molecule has 0 aliphatic rings. The van der Waals surface area contributed by atoms with Gasteiger partial charge in [0.25, 0.3) is 0 Å². The quantitative estimate of drug-likeness (QED) is 0.676. The Morgan fingerprint density at radius 2 is 1.57 bits per heavy atom. The molecule has 0 atom stereocenters. The fraction of sp³-hybridized carbons (Fsp3) is 0.400. The third kappa shape index (κ3) is 8.52. The molecule has 2 amide bonds. The lowest BCUT2D eigenvalue weighted by molar-refractivity contribution is -0.125. The van der Waals surface area contributed by atoms with Gasteiger partial charge in [0.2, 0.25) is 11.8 Å². The Balaban J connectivity index is 0. The number of hydrogen-bond donors (Lipinski definition) is 1. The van der Waals surface area contributed by atoms with E-state index in [1.54, 1.807) is 4.90 Å². The van der Waals surface area contributed by atoms with Crippen molar-refractivity contribution in [3.8, 4) is 0 Å². The van der Waals surface area contributed by atoms with Crippen LogP contribution >= 0.6 is 0 Å². The maximum Gasteiger partial charge on any atom is 0.245 e. The minimum absolute atomic E-state index is 0.0139. The minimum Gasteiger partial charge on any atom is -0.366 e. The zero-order valence-electron chi connectivity index (χ0n) is 8.82. The lowest BCUT2D eigenvalue weighted by atomic mass is 10.4. The normalized spacial score (nSPS) is 7.86. The van der Waals surface area contributed by atoms with Crippen molar-refractivity contribution in [1.29, 1.82) is 0 Å². The Morgan fingerprint density at radius 3 is 1.64 bits per heavy atom. The summed E-state index contributed by atoms with van der Waals surface area (Å²) >= 11 is 0. The molecule has 0 aliphatic heterocycles. The number of likely N-dealkylation sites (N-methyl/N-ethyl adjacent to an activating group) is 1. The average molecular weight is 198 g/mol. The van der Waals surface area contributed by atoms with Crippen LogP contribution in [0.15, 0.2) is 25.3 Å². The van der Waals surface area contributed by atoms with E-state index < -0.39 is 5.91 Å². The molecule has 4 nitrogen and oxygen atoms in total. The van der Waals surface area contributed by atoms with Crippen molar-refractivity contribution in [3.05, 3.63) is 25.3 Å². The number of hydrogen-bond acceptors (Lipinski definition) is 2. The summed E-state index contributed by atoms with van der Waals surface area (Å²) in [5.74, 6) is -0.468. The van der Waals surface area contributed by atoms with Crippen molar-refractivity contribution in [2.75, 3.05) is 13.1 Å². The monoisotopic (exact) mass is 198 g/mol. The molecule has 0 fully saturated rings. The number of nitrogens with zero attached hydrogens (tertiary/aromatic N) is 1. The molecule has 2 N–H and O–H groups in total. The molecule has 0 saturated heterocycles. The third-order valence-electron chi connectivity index (χ3n) is 1.45. The first-order valence-corrected chi connectivity index (χ1v) is 4.36. The Kier molecular flexibility index (Phi) is 10.1. The molecule has 0 heterocycles. The summed E-state index contributed by atoms with van der Waals surface area (Å²) in [4.78, 5) is 22.0. The van der Waals surface area contributed by atoms with E-state index in [4.69, 9.17) is 0 Å². The fourth-order valence-electron chi connectivity index (χ4n) is 0.664. The number of primary amides is 1. The van der Waals surface area contributed by atoms with Gasteiger partial charge in [-0.05, 0) is 26.0 Å². The van der Waals surface area contributed by atoms with Gasteiger partial charge >= 0.3 is 0 Å². The predicted molar refractivity (Wildman–Crippen MR) is 57.5 cm³/mol. The molecule has 0 rings (SSSR count). The van der Waals surface area contributed by atoms with E-state index in [9.17, 15) is 9.59 Å². The van der Waals surface area contributed by atoms with E-state index in [1.165, 1.54) is 6.08 Å². The molecule has 0 spiro atoms. The highest BCUT2D eigenvalue weighted by atomic mass is 16.2. The molecule has 80 valence electrons. The van der Waals surface area contributed by atoms with E-state index in [2.05, 4.69) is 18.9 Å². The Morgan fingerprint density at radius 1 is 1.21 bits per heavy atom. The van der Waals surface area contributed by atoms with Gasteiger partial charge in [-0.2, -0.15) is 0 Å². The first kappa shape index (κ1) is 14.9. The van der Waals surface area contributed by atoms with E-state index in [0.29, 0.717) is 0 Å². The molecule has 0 bridgehead atoms. The van der Waals surface area contributed by atoms with Crippen LogP contribution in [0.5, 0.6) is 0 Å². The lowest BCUT2D eigenvalue weighted by Gasteiger charge is -2.15. The molecule has 0 unspecified atom stereocenters. The van der Waals surface area contributed by atoms with Crippen LogP contribution in [-0.2, 0) is 9.59 Å². The zero-order chi connectivity index (χ0) is 11.6. The smallest absolute Gasteiger partial charge is 0.245 e. The van der Waals surface area contributed by atoms with Gasteiger partial charge in [-0.25, -0.2) is 0 Å². The summed E-state index contributed by atoms with van der Waals surface area (Å²) in [7, 11) is 0. The van der Waals surface area contributed by atoms with Crippen molar-refractivity contribution in [2.24, 2.45) is 5.73 Å². The molecule has 0 aromatic carbocycles. The van der Waals surface area contributed by atoms with E-state index >= 15 is 0 Å². The van der Waals surface area contributed by atoms with E-state index in [0.717, 1.165) is 19.2 Å². The standard InChI is InChI=1S/C7H13NO.C3H5NO/c1-4-7(9)8(5-2)6-3;1-2-3(4)5/h4H,1,5-6H2,2-3H3;2H,1H2,(H2,4,5). The van der Waals surface area contributed by atoms with E-state index in [1.807, 2.05) is 13.8 Å². The molecule has 0 aromatic heterocycles. The summed E-state index contributed by atoms with van der Waals surface area (Å²) in [5, 5.41) is 0. The first-order valence-electron chi connectivity index (χ1n) is 4.36. The van der Waals surface area contributed by atoms with Crippen LogP contribution in [0.2, 0.25) is 0 Å². The van der Waals surface area contributed by atoms with Crippen molar-refractivity contribution in [2.45, 2.75) is 13.8 Å². The van der Waals surface area contributed by atoms with Crippen LogP contribution in [0, 0.1) is 0 Å². The largest absolute Gasteiger partial charge is 0.366 e. The molecule has 4 heteroatoms. The van der Waals surface area contributed by atoms with E-state index in [-0.39, 0.29) is 5.91 Å². The molecular formula is C10H18N2O2. The first-order chi connectivity index (χ1) is 6.53. The van der Waals surface area contributed by atoms with Gasteiger partial charge in [0, 0.05) is 13.1 Å². The Labute approximate surface area is 85.1 Å². The molecule has 0 saturated carbocycles. The number of rotatable bonds is 4. The highest BCUT2D eigenvalue weighted by Gasteiger charge is 2.01. The summed E-state index contributed by atoms with van der Waals surface area (Å²) in [6, 6.07) is 0. The van der Waals surface area contributed by atoms with Crippen LogP contribution in [-0.4, -0.2) is 29.8 Å². The third-order valence-corrected chi connectivity index (χ3v) is 1.45. The van der Waals surface area contributed by atoms with Gasteiger partial charge in [-0.3, -0.25) is 9.59 Å². The highest BCUT2D eigenvalue weighted by Crippen LogP contribution is 1.87. The van der Waals surface area contributed by atoms with Crippen LogP contribution in [0.25, 0.3) is 0 Å². The average Bonchev–Trinajstić information content (AvgIpc) is 2.20. The summed E-state index contributed by atoms with van der Waals surface area (Å²) in [6.07, 6.45) is 2.40. The van der Waals surface area contributed by atoms with Crippen molar-refractivity contribution < 1.29 is 9.59 Å². The Hall–Kier alpha value is -1.58. The summed E-state index contributed by atoms with van der Waals surface area (Å²) < 4.78 is 0. The molecule has 0 aliphatic carbocycles. The number of carbonyl (C=O) groups excluding carboxylic acids is 2. The molecule has 14 heavy (non-hydrogen) atoms. The second kappa shape index (κ2) is 9.51. The van der Waals surface area contributed by atoms with Gasteiger partial charge in [0.05, 0.1) is 0 Å². The van der Waals surface area contributed by atoms with Gasteiger partial charge in [-0.1, -0.05) is 13.2 Å². The zero-order valence-corrected chi connectivity index (χ0v) is 8.82. The topological polar surface area (TPSA) is 63.4 Å². The van der Waals surface area contributed by atoms with Crippen LogP contribution in [0.1, 0.15) is 13.8 Å². The van der Waals surface area contributed by atoms with Crippen molar-refractivity contribution in [1.82, 2.24) is 4.90 Å². The van der Waals surface area contributed by atoms with Crippen LogP contribution < -0.4 is 5.73 Å². The summed E-state index contributed by atoms with van der Waals surface area (Å²) in [5.41, 5.74) is 4.53. The van der Waals surface area contributed by atoms with Crippen molar-refractivity contribution in [3.63, 3.8) is 0 Å². The Bertz CT molecular complexity index is 208. The van der Waals surface area contributed by atoms with Gasteiger partial charge < -0.3 is 10.6 Å². The van der Waals surface area contributed by atoms with Gasteiger partial charge in [0.1, 0.15) is 0 Å². The lowest BCUT2D eigenvalue weighted by Crippen LogP contribution is -2.28. The van der Waals surface area contributed by atoms with Gasteiger partial charge in [0.15, 0.2) is 0 Å². The minimum atomic E-state index is -0.481. The van der Waals surface area contributed by atoms with Crippen LogP contribution in [0.3, 0.4) is 0 Å². The fourth-order valence-corrected chi connectivity index (χ4v) is 0.664.